The molecule has 1 fully saturated rings. The Morgan fingerprint density at radius 3 is 2.94 bits per heavy atom. The van der Waals surface area contributed by atoms with Crippen LogP contribution in [0.25, 0.3) is 0 Å². The van der Waals surface area contributed by atoms with E-state index in [2.05, 4.69) is 0 Å². The van der Waals surface area contributed by atoms with Crippen molar-refractivity contribution < 1.29 is 9.21 Å². The highest BCUT2D eigenvalue weighted by Gasteiger charge is 2.31. The summed E-state index contributed by atoms with van der Waals surface area (Å²) in [4.78, 5) is 14.3. The first-order valence-corrected chi connectivity index (χ1v) is 6.78. The normalized spacial score (nSPS) is 21.9. The zero-order valence-electron chi connectivity index (χ0n) is 11.2. The van der Waals surface area contributed by atoms with Crippen molar-refractivity contribution in [1.29, 1.82) is 0 Å². The van der Waals surface area contributed by atoms with Gasteiger partial charge in [0.05, 0.1) is 0 Å². The molecule has 0 bridgehead atoms. The fourth-order valence-corrected chi connectivity index (χ4v) is 2.58. The number of likely N-dealkylation sites (tertiary alicyclic amines) is 1. The predicted octanol–water partition coefficient (Wildman–Crippen LogP) is 2.18. The van der Waals surface area contributed by atoms with Gasteiger partial charge in [0.25, 0.3) is 5.91 Å². The van der Waals surface area contributed by atoms with Crippen LogP contribution in [0.1, 0.15) is 49.4 Å². The van der Waals surface area contributed by atoms with E-state index in [1.807, 2.05) is 24.8 Å². The topological polar surface area (TPSA) is 59.5 Å². The van der Waals surface area contributed by atoms with Crippen LogP contribution in [0, 0.1) is 0 Å². The minimum Gasteiger partial charge on any atom is -0.456 e. The molecule has 0 aliphatic carbocycles. The van der Waals surface area contributed by atoms with E-state index >= 15 is 0 Å². The Labute approximate surface area is 108 Å². The lowest BCUT2D eigenvalue weighted by Gasteiger charge is -2.37. The van der Waals surface area contributed by atoms with Gasteiger partial charge in [0.15, 0.2) is 5.76 Å². The number of hydrogen-bond donors (Lipinski definition) is 1. The Bertz CT molecular complexity index is 412. The Morgan fingerprint density at radius 2 is 2.33 bits per heavy atom. The zero-order chi connectivity index (χ0) is 13.1. The first-order valence-electron chi connectivity index (χ1n) is 6.78. The van der Waals surface area contributed by atoms with Gasteiger partial charge in [0, 0.05) is 25.0 Å². The molecule has 2 heterocycles. The Balaban J connectivity index is 2.15. The SMILES string of the molecule is CCc1ccc(C(=O)N2CCCC[C@@H]2[C@@H](C)N)o1. The van der Waals surface area contributed by atoms with E-state index in [1.165, 1.54) is 0 Å². The van der Waals surface area contributed by atoms with Gasteiger partial charge in [-0.1, -0.05) is 6.92 Å². The monoisotopic (exact) mass is 250 g/mol. The smallest absolute Gasteiger partial charge is 0.289 e. The minimum atomic E-state index is -0.0169. The van der Waals surface area contributed by atoms with Crippen LogP contribution in [0.15, 0.2) is 16.5 Å². The lowest BCUT2D eigenvalue weighted by molar-refractivity contribution is 0.0550. The van der Waals surface area contributed by atoms with E-state index in [0.29, 0.717) is 5.76 Å². The number of piperidine rings is 1. The Morgan fingerprint density at radius 1 is 1.56 bits per heavy atom. The van der Waals surface area contributed by atoms with Crippen LogP contribution < -0.4 is 5.73 Å². The summed E-state index contributed by atoms with van der Waals surface area (Å²) >= 11 is 0. The molecule has 0 saturated carbocycles. The van der Waals surface area contributed by atoms with E-state index in [4.69, 9.17) is 10.2 Å². The maximum Gasteiger partial charge on any atom is 0.289 e. The molecular weight excluding hydrogens is 228 g/mol. The average Bonchev–Trinajstić information content (AvgIpc) is 2.86. The summed E-state index contributed by atoms with van der Waals surface area (Å²) in [5, 5.41) is 0. The molecule has 1 aromatic rings. The van der Waals surface area contributed by atoms with Crippen molar-refractivity contribution in [3.05, 3.63) is 23.7 Å². The van der Waals surface area contributed by atoms with Gasteiger partial charge in [-0.05, 0) is 38.3 Å². The highest BCUT2D eigenvalue weighted by molar-refractivity contribution is 5.91. The largest absolute Gasteiger partial charge is 0.456 e. The third-order valence-corrected chi connectivity index (χ3v) is 3.64. The number of rotatable bonds is 3. The maximum absolute atomic E-state index is 12.4. The number of carbonyl (C=O) groups excluding carboxylic acids is 1. The van der Waals surface area contributed by atoms with Gasteiger partial charge in [-0.3, -0.25) is 4.79 Å². The molecule has 0 unspecified atom stereocenters. The molecule has 1 aliphatic rings. The highest BCUT2D eigenvalue weighted by Crippen LogP contribution is 2.22. The Hall–Kier alpha value is -1.29. The van der Waals surface area contributed by atoms with Crippen LogP contribution in [0.3, 0.4) is 0 Å². The third-order valence-electron chi connectivity index (χ3n) is 3.64. The number of hydrogen-bond acceptors (Lipinski definition) is 3. The predicted molar refractivity (Wildman–Crippen MR) is 70.4 cm³/mol. The van der Waals surface area contributed by atoms with Crippen molar-refractivity contribution in [3.63, 3.8) is 0 Å². The van der Waals surface area contributed by atoms with E-state index in [0.717, 1.165) is 38.0 Å². The first kappa shape index (κ1) is 13.1. The van der Waals surface area contributed by atoms with Gasteiger partial charge < -0.3 is 15.1 Å². The molecule has 18 heavy (non-hydrogen) atoms. The van der Waals surface area contributed by atoms with Crippen molar-refractivity contribution in [2.75, 3.05) is 6.54 Å². The summed E-state index contributed by atoms with van der Waals surface area (Å²) in [6.07, 6.45) is 4.00. The summed E-state index contributed by atoms with van der Waals surface area (Å²) < 4.78 is 5.54. The molecule has 100 valence electrons. The van der Waals surface area contributed by atoms with Gasteiger partial charge in [-0.25, -0.2) is 0 Å². The van der Waals surface area contributed by atoms with Crippen LogP contribution >= 0.6 is 0 Å². The van der Waals surface area contributed by atoms with E-state index in [-0.39, 0.29) is 18.0 Å². The second-order valence-electron chi connectivity index (χ2n) is 5.04. The molecule has 1 aliphatic heterocycles. The van der Waals surface area contributed by atoms with Crippen LogP contribution in [0.2, 0.25) is 0 Å². The van der Waals surface area contributed by atoms with E-state index in [9.17, 15) is 4.79 Å². The van der Waals surface area contributed by atoms with Gasteiger partial charge in [0.2, 0.25) is 0 Å². The molecule has 0 aromatic carbocycles. The first-order chi connectivity index (χ1) is 8.63. The molecule has 1 saturated heterocycles. The van der Waals surface area contributed by atoms with E-state index in [1.54, 1.807) is 6.07 Å². The van der Waals surface area contributed by atoms with Gasteiger partial charge in [0.1, 0.15) is 5.76 Å². The standard InChI is InChI=1S/C14H22N2O2/c1-3-11-7-8-13(18-11)14(17)16-9-5-4-6-12(16)10(2)15/h7-8,10,12H,3-6,9,15H2,1-2H3/t10-,12-/m1/s1. The van der Waals surface area contributed by atoms with Crippen LogP contribution in [0.4, 0.5) is 0 Å². The lowest BCUT2D eigenvalue weighted by atomic mass is 9.96. The molecule has 2 N–H and O–H groups in total. The molecule has 4 heteroatoms. The molecule has 4 nitrogen and oxygen atoms in total. The van der Waals surface area contributed by atoms with Gasteiger partial charge >= 0.3 is 0 Å². The molecule has 2 atom stereocenters. The van der Waals surface area contributed by atoms with Gasteiger partial charge in [-0.15, -0.1) is 0 Å². The number of aryl methyl sites for hydroxylation is 1. The van der Waals surface area contributed by atoms with Crippen molar-refractivity contribution in [3.8, 4) is 0 Å². The van der Waals surface area contributed by atoms with Crippen LogP contribution in [-0.4, -0.2) is 29.4 Å². The molecule has 2 rings (SSSR count). The number of carbonyl (C=O) groups is 1. The summed E-state index contributed by atoms with van der Waals surface area (Å²) in [7, 11) is 0. The summed E-state index contributed by atoms with van der Waals surface area (Å²) in [6.45, 7) is 4.77. The molecule has 0 spiro atoms. The number of amides is 1. The number of furan rings is 1. The molecule has 0 radical (unpaired) electrons. The molecule has 1 aromatic heterocycles. The average molecular weight is 250 g/mol. The molecular formula is C14H22N2O2. The maximum atomic E-state index is 12.4. The zero-order valence-corrected chi connectivity index (χ0v) is 11.2. The number of nitrogens with zero attached hydrogens (tertiary/aromatic N) is 1. The summed E-state index contributed by atoms with van der Waals surface area (Å²) in [5.41, 5.74) is 5.98. The van der Waals surface area contributed by atoms with E-state index < -0.39 is 0 Å². The van der Waals surface area contributed by atoms with Crippen molar-refractivity contribution in [2.24, 2.45) is 5.73 Å². The quantitative estimate of drug-likeness (QED) is 0.894. The summed E-state index contributed by atoms with van der Waals surface area (Å²) in [5.74, 6) is 1.28. The van der Waals surface area contributed by atoms with Crippen molar-refractivity contribution in [2.45, 2.75) is 51.6 Å². The summed E-state index contributed by atoms with van der Waals surface area (Å²) in [6, 6.07) is 3.79. The van der Waals surface area contributed by atoms with Crippen molar-refractivity contribution >= 4 is 5.91 Å². The fourth-order valence-electron chi connectivity index (χ4n) is 2.58. The Kier molecular flexibility index (Phi) is 4.07. The van der Waals surface area contributed by atoms with Crippen LogP contribution in [0.5, 0.6) is 0 Å². The lowest BCUT2D eigenvalue weighted by Crippen LogP contribution is -2.51. The minimum absolute atomic E-state index is 0.00913. The molecule has 1 amide bonds. The fraction of sp³-hybridized carbons (Fsp3) is 0.643. The highest BCUT2D eigenvalue weighted by atomic mass is 16.4. The number of nitrogens with two attached hydrogens (primary N) is 1. The second kappa shape index (κ2) is 5.57. The van der Waals surface area contributed by atoms with Crippen LogP contribution in [-0.2, 0) is 6.42 Å². The second-order valence-corrected chi connectivity index (χ2v) is 5.04. The van der Waals surface area contributed by atoms with Gasteiger partial charge in [-0.2, -0.15) is 0 Å². The van der Waals surface area contributed by atoms with Crippen molar-refractivity contribution in [1.82, 2.24) is 4.90 Å². The third kappa shape index (κ3) is 2.58.